The molecule has 3 nitrogen and oxygen atoms in total. The van der Waals surface area contributed by atoms with Gasteiger partial charge in [-0.05, 0) is 51.0 Å². The van der Waals surface area contributed by atoms with Crippen LogP contribution in [-0.2, 0) is 0 Å². The van der Waals surface area contributed by atoms with Gasteiger partial charge in [0.2, 0.25) is 0 Å². The Hall–Kier alpha value is -0.120. The fourth-order valence-corrected chi connectivity index (χ4v) is 5.27. The van der Waals surface area contributed by atoms with E-state index in [1.54, 1.807) is 0 Å². The standard InChI is InChI=1S/C18H35N3/c1-14-6-5-7-16(10-14)18(11-19)21-13-17-8-3-4-9-20(17)12-15(21)2/h14-18H,3-13,19H2,1-2H3. The fourth-order valence-electron chi connectivity index (χ4n) is 5.27. The van der Waals surface area contributed by atoms with Crippen molar-refractivity contribution in [2.75, 3.05) is 26.2 Å². The zero-order chi connectivity index (χ0) is 14.8. The number of fused-ring (bicyclic) bond motifs is 1. The Bertz CT molecular complexity index is 332. The Labute approximate surface area is 131 Å². The number of hydrogen-bond donors (Lipinski definition) is 1. The molecule has 2 aliphatic heterocycles. The van der Waals surface area contributed by atoms with Gasteiger partial charge in [0.05, 0.1) is 0 Å². The number of piperidine rings is 1. The molecule has 0 bridgehead atoms. The maximum Gasteiger partial charge on any atom is 0.0250 e. The normalized spacial score (nSPS) is 40.7. The minimum absolute atomic E-state index is 0.631. The van der Waals surface area contributed by atoms with Crippen LogP contribution in [-0.4, -0.2) is 54.1 Å². The molecule has 1 saturated carbocycles. The van der Waals surface area contributed by atoms with E-state index in [0.717, 1.165) is 24.4 Å². The molecule has 3 rings (SSSR count). The largest absolute Gasteiger partial charge is 0.329 e. The Balaban J connectivity index is 1.67. The van der Waals surface area contributed by atoms with E-state index in [1.807, 2.05) is 0 Å². The van der Waals surface area contributed by atoms with Crippen molar-refractivity contribution in [3.05, 3.63) is 0 Å². The van der Waals surface area contributed by atoms with Crippen LogP contribution < -0.4 is 5.73 Å². The summed E-state index contributed by atoms with van der Waals surface area (Å²) in [6.07, 6.45) is 9.89. The van der Waals surface area contributed by atoms with Crippen LogP contribution in [0.2, 0.25) is 0 Å². The second-order valence-corrected chi connectivity index (χ2v) is 8.03. The Morgan fingerprint density at radius 2 is 1.90 bits per heavy atom. The quantitative estimate of drug-likeness (QED) is 0.868. The van der Waals surface area contributed by atoms with Gasteiger partial charge < -0.3 is 5.73 Å². The monoisotopic (exact) mass is 293 g/mol. The fraction of sp³-hybridized carbons (Fsp3) is 1.00. The van der Waals surface area contributed by atoms with Crippen molar-refractivity contribution in [3.8, 4) is 0 Å². The summed E-state index contributed by atoms with van der Waals surface area (Å²) in [5, 5.41) is 0. The Morgan fingerprint density at radius 3 is 2.67 bits per heavy atom. The van der Waals surface area contributed by atoms with Crippen LogP contribution in [0.5, 0.6) is 0 Å². The van der Waals surface area contributed by atoms with Crippen molar-refractivity contribution >= 4 is 0 Å². The van der Waals surface area contributed by atoms with Crippen LogP contribution in [0.15, 0.2) is 0 Å². The predicted molar refractivity (Wildman–Crippen MR) is 89.3 cm³/mol. The average molecular weight is 293 g/mol. The average Bonchev–Trinajstić information content (AvgIpc) is 2.48. The van der Waals surface area contributed by atoms with Gasteiger partial charge in [0.1, 0.15) is 0 Å². The minimum atomic E-state index is 0.631. The molecule has 0 aromatic carbocycles. The first-order chi connectivity index (χ1) is 10.2. The molecule has 3 fully saturated rings. The van der Waals surface area contributed by atoms with Crippen molar-refractivity contribution in [2.24, 2.45) is 17.6 Å². The van der Waals surface area contributed by atoms with Gasteiger partial charge in [0.15, 0.2) is 0 Å². The maximum atomic E-state index is 6.25. The van der Waals surface area contributed by atoms with Crippen LogP contribution in [0.25, 0.3) is 0 Å². The van der Waals surface area contributed by atoms with Gasteiger partial charge in [0, 0.05) is 37.8 Å². The smallest absolute Gasteiger partial charge is 0.0250 e. The lowest BCUT2D eigenvalue weighted by Crippen LogP contribution is -2.63. The van der Waals surface area contributed by atoms with Crippen LogP contribution in [0, 0.1) is 11.8 Å². The molecular weight excluding hydrogens is 258 g/mol. The summed E-state index contributed by atoms with van der Waals surface area (Å²) in [6, 6.07) is 2.13. The predicted octanol–water partition coefficient (Wildman–Crippen LogP) is 2.70. The second-order valence-electron chi connectivity index (χ2n) is 8.03. The molecule has 0 spiro atoms. The highest BCUT2D eigenvalue weighted by Crippen LogP contribution is 2.35. The number of nitrogens with zero attached hydrogens (tertiary/aromatic N) is 2. The second kappa shape index (κ2) is 6.97. The van der Waals surface area contributed by atoms with Crippen molar-refractivity contribution < 1.29 is 0 Å². The Kier molecular flexibility index (Phi) is 5.23. The van der Waals surface area contributed by atoms with Gasteiger partial charge in [-0.2, -0.15) is 0 Å². The third-order valence-electron chi connectivity index (χ3n) is 6.42. The highest BCUT2D eigenvalue weighted by Gasteiger charge is 2.38. The number of piperazine rings is 1. The third-order valence-corrected chi connectivity index (χ3v) is 6.42. The molecule has 0 amide bonds. The number of hydrogen-bond acceptors (Lipinski definition) is 3. The van der Waals surface area contributed by atoms with Gasteiger partial charge >= 0.3 is 0 Å². The van der Waals surface area contributed by atoms with Crippen molar-refractivity contribution in [2.45, 2.75) is 76.9 Å². The van der Waals surface area contributed by atoms with Gasteiger partial charge in [0.25, 0.3) is 0 Å². The molecule has 1 aliphatic carbocycles. The van der Waals surface area contributed by atoms with Crippen LogP contribution in [0.1, 0.15) is 58.8 Å². The molecule has 122 valence electrons. The molecule has 0 aromatic rings. The first kappa shape index (κ1) is 15.8. The van der Waals surface area contributed by atoms with E-state index < -0.39 is 0 Å². The zero-order valence-electron chi connectivity index (χ0n) is 14.1. The van der Waals surface area contributed by atoms with E-state index in [0.29, 0.717) is 12.1 Å². The molecule has 0 aromatic heterocycles. The van der Waals surface area contributed by atoms with Crippen LogP contribution in [0.4, 0.5) is 0 Å². The summed E-state index contributed by atoms with van der Waals surface area (Å²) in [7, 11) is 0. The molecule has 2 heterocycles. The first-order valence-corrected chi connectivity index (χ1v) is 9.39. The van der Waals surface area contributed by atoms with E-state index in [1.165, 1.54) is 64.6 Å². The summed E-state index contributed by atoms with van der Waals surface area (Å²) in [5.74, 6) is 1.75. The van der Waals surface area contributed by atoms with Crippen molar-refractivity contribution in [1.29, 1.82) is 0 Å². The minimum Gasteiger partial charge on any atom is -0.329 e. The lowest BCUT2D eigenvalue weighted by atomic mass is 9.77. The van der Waals surface area contributed by atoms with Gasteiger partial charge in [-0.3, -0.25) is 9.80 Å². The summed E-state index contributed by atoms with van der Waals surface area (Å²) in [5.41, 5.74) is 6.25. The summed E-state index contributed by atoms with van der Waals surface area (Å²) in [4.78, 5) is 5.55. The third kappa shape index (κ3) is 3.46. The van der Waals surface area contributed by atoms with Gasteiger partial charge in [-0.25, -0.2) is 0 Å². The summed E-state index contributed by atoms with van der Waals surface area (Å²) in [6.45, 7) is 9.59. The molecule has 5 unspecified atom stereocenters. The van der Waals surface area contributed by atoms with Crippen LogP contribution in [0.3, 0.4) is 0 Å². The molecule has 2 saturated heterocycles. The molecular formula is C18H35N3. The van der Waals surface area contributed by atoms with E-state index in [4.69, 9.17) is 5.73 Å². The van der Waals surface area contributed by atoms with E-state index in [-0.39, 0.29) is 0 Å². The molecule has 2 N–H and O–H groups in total. The lowest BCUT2D eigenvalue weighted by Gasteiger charge is -2.52. The topological polar surface area (TPSA) is 32.5 Å². The zero-order valence-corrected chi connectivity index (χ0v) is 14.1. The van der Waals surface area contributed by atoms with Gasteiger partial charge in [-0.1, -0.05) is 26.2 Å². The lowest BCUT2D eigenvalue weighted by molar-refractivity contribution is -0.0262. The van der Waals surface area contributed by atoms with E-state index in [2.05, 4.69) is 23.6 Å². The molecule has 21 heavy (non-hydrogen) atoms. The van der Waals surface area contributed by atoms with Gasteiger partial charge in [-0.15, -0.1) is 0 Å². The van der Waals surface area contributed by atoms with Crippen molar-refractivity contribution in [1.82, 2.24) is 9.80 Å². The summed E-state index contributed by atoms with van der Waals surface area (Å²) < 4.78 is 0. The molecule has 3 aliphatic rings. The molecule has 5 atom stereocenters. The number of rotatable bonds is 3. The highest BCUT2D eigenvalue weighted by molar-refractivity contribution is 4.94. The highest BCUT2D eigenvalue weighted by atomic mass is 15.3. The number of nitrogens with two attached hydrogens (primary N) is 1. The van der Waals surface area contributed by atoms with E-state index in [9.17, 15) is 0 Å². The first-order valence-electron chi connectivity index (χ1n) is 9.39. The van der Waals surface area contributed by atoms with Crippen LogP contribution >= 0.6 is 0 Å². The SMILES string of the molecule is CC1CCCC(C(CN)N2CC3CCCCN3CC2C)C1. The maximum absolute atomic E-state index is 6.25. The Morgan fingerprint density at radius 1 is 1.05 bits per heavy atom. The molecule has 0 radical (unpaired) electrons. The summed E-state index contributed by atoms with van der Waals surface area (Å²) >= 11 is 0. The van der Waals surface area contributed by atoms with E-state index >= 15 is 0 Å². The molecule has 3 heteroatoms. The van der Waals surface area contributed by atoms with Crippen molar-refractivity contribution in [3.63, 3.8) is 0 Å².